The SMILES string of the molecule is Clc1ccc(C2=NCc3c2c[nH]c3-c2ccc(Cl)cc2)cc1. The van der Waals surface area contributed by atoms with Crippen LogP contribution in [-0.2, 0) is 6.54 Å². The third kappa shape index (κ3) is 2.25. The van der Waals surface area contributed by atoms with Crippen LogP contribution in [0.2, 0.25) is 10.0 Å². The summed E-state index contributed by atoms with van der Waals surface area (Å²) in [6, 6.07) is 15.6. The van der Waals surface area contributed by atoms with Crippen molar-refractivity contribution < 1.29 is 0 Å². The Balaban J connectivity index is 1.74. The Morgan fingerprint density at radius 2 is 1.41 bits per heavy atom. The van der Waals surface area contributed by atoms with Crippen LogP contribution in [-0.4, -0.2) is 10.7 Å². The molecule has 3 aromatic rings. The number of aromatic nitrogens is 1. The average molecular weight is 327 g/mol. The average Bonchev–Trinajstić information content (AvgIpc) is 3.11. The molecule has 1 aliphatic heterocycles. The molecular formula is C18H12Cl2N2. The first-order valence-electron chi connectivity index (χ1n) is 6.99. The minimum absolute atomic E-state index is 0.689. The Kier molecular flexibility index (Phi) is 3.29. The van der Waals surface area contributed by atoms with Crippen molar-refractivity contribution >= 4 is 28.9 Å². The highest BCUT2D eigenvalue weighted by molar-refractivity contribution is 6.31. The van der Waals surface area contributed by atoms with Crippen LogP contribution in [0.1, 0.15) is 16.7 Å². The first kappa shape index (κ1) is 13.6. The molecule has 108 valence electrons. The van der Waals surface area contributed by atoms with E-state index in [2.05, 4.69) is 4.98 Å². The van der Waals surface area contributed by atoms with Crippen LogP contribution in [0.5, 0.6) is 0 Å². The molecule has 0 fully saturated rings. The summed E-state index contributed by atoms with van der Waals surface area (Å²) >= 11 is 11.9. The number of benzene rings is 2. The Morgan fingerprint density at radius 3 is 2.05 bits per heavy atom. The fourth-order valence-corrected chi connectivity index (χ4v) is 3.05. The molecule has 4 heteroatoms. The topological polar surface area (TPSA) is 28.1 Å². The van der Waals surface area contributed by atoms with E-state index in [9.17, 15) is 0 Å². The molecule has 0 amide bonds. The van der Waals surface area contributed by atoms with Crippen molar-refractivity contribution in [2.75, 3.05) is 0 Å². The number of nitrogens with one attached hydrogen (secondary N) is 1. The van der Waals surface area contributed by atoms with Gasteiger partial charge < -0.3 is 4.98 Å². The molecule has 0 radical (unpaired) electrons. The van der Waals surface area contributed by atoms with Gasteiger partial charge in [-0.15, -0.1) is 0 Å². The van der Waals surface area contributed by atoms with Crippen molar-refractivity contribution in [1.29, 1.82) is 0 Å². The zero-order valence-corrected chi connectivity index (χ0v) is 13.1. The molecule has 0 atom stereocenters. The molecule has 1 N–H and O–H groups in total. The van der Waals surface area contributed by atoms with Gasteiger partial charge in [0.1, 0.15) is 0 Å². The highest BCUT2D eigenvalue weighted by atomic mass is 35.5. The molecule has 4 rings (SSSR count). The maximum absolute atomic E-state index is 5.96. The van der Waals surface area contributed by atoms with Gasteiger partial charge in [-0.25, -0.2) is 0 Å². The van der Waals surface area contributed by atoms with Gasteiger partial charge in [-0.3, -0.25) is 4.99 Å². The number of H-pyrrole nitrogens is 1. The molecule has 0 saturated heterocycles. The third-order valence-corrected chi connectivity index (χ3v) is 4.39. The lowest BCUT2D eigenvalue weighted by Crippen LogP contribution is -1.98. The highest BCUT2D eigenvalue weighted by Gasteiger charge is 2.22. The van der Waals surface area contributed by atoms with Gasteiger partial charge in [-0.05, 0) is 29.8 Å². The van der Waals surface area contributed by atoms with E-state index in [0.717, 1.165) is 38.1 Å². The summed E-state index contributed by atoms with van der Waals surface area (Å²) in [5, 5.41) is 1.48. The third-order valence-electron chi connectivity index (χ3n) is 3.89. The van der Waals surface area contributed by atoms with E-state index in [1.54, 1.807) is 0 Å². The summed E-state index contributed by atoms with van der Waals surface area (Å²) in [5.74, 6) is 0. The molecule has 2 nitrogen and oxygen atoms in total. The van der Waals surface area contributed by atoms with Gasteiger partial charge in [-0.1, -0.05) is 47.5 Å². The fraction of sp³-hybridized carbons (Fsp3) is 0.0556. The number of rotatable bonds is 2. The van der Waals surface area contributed by atoms with Crippen molar-refractivity contribution in [2.24, 2.45) is 4.99 Å². The van der Waals surface area contributed by atoms with Crippen molar-refractivity contribution in [3.63, 3.8) is 0 Å². The van der Waals surface area contributed by atoms with Crippen molar-refractivity contribution in [3.05, 3.63) is 81.5 Å². The standard InChI is InChI=1S/C18H12Cl2N2/c19-13-5-1-11(2-6-13)17-15-9-22-18(16(15)10-21-17)12-3-7-14(20)8-4-12/h1-9,22H,10H2. The maximum Gasteiger partial charge on any atom is 0.0741 e. The van der Waals surface area contributed by atoms with Crippen LogP contribution >= 0.6 is 23.2 Å². The number of hydrogen-bond acceptors (Lipinski definition) is 1. The van der Waals surface area contributed by atoms with Crippen LogP contribution in [0.3, 0.4) is 0 Å². The fourth-order valence-electron chi connectivity index (χ4n) is 2.80. The van der Waals surface area contributed by atoms with Crippen LogP contribution in [0.15, 0.2) is 59.7 Å². The Labute approximate surface area is 138 Å². The van der Waals surface area contributed by atoms with E-state index in [4.69, 9.17) is 28.2 Å². The van der Waals surface area contributed by atoms with Crippen LogP contribution < -0.4 is 0 Å². The summed E-state index contributed by atoms with van der Waals surface area (Å²) in [6.07, 6.45) is 2.03. The van der Waals surface area contributed by atoms with E-state index >= 15 is 0 Å². The van der Waals surface area contributed by atoms with Gasteiger partial charge in [0.25, 0.3) is 0 Å². The molecule has 2 aromatic carbocycles. The molecule has 1 aromatic heterocycles. The lowest BCUT2D eigenvalue weighted by Gasteiger charge is -2.02. The number of aliphatic imine (C=N–C) groups is 1. The first-order valence-corrected chi connectivity index (χ1v) is 7.75. The highest BCUT2D eigenvalue weighted by Crippen LogP contribution is 2.32. The van der Waals surface area contributed by atoms with Gasteiger partial charge in [0.15, 0.2) is 0 Å². The second-order valence-electron chi connectivity index (χ2n) is 5.23. The van der Waals surface area contributed by atoms with Crippen molar-refractivity contribution in [2.45, 2.75) is 6.54 Å². The predicted molar refractivity (Wildman–Crippen MR) is 92.0 cm³/mol. The quantitative estimate of drug-likeness (QED) is 0.658. The molecule has 0 spiro atoms. The summed E-state index contributed by atoms with van der Waals surface area (Å²) in [5.41, 5.74) is 6.73. The largest absolute Gasteiger partial charge is 0.360 e. The lowest BCUT2D eigenvalue weighted by atomic mass is 10.0. The van der Waals surface area contributed by atoms with Gasteiger partial charge >= 0.3 is 0 Å². The normalized spacial score (nSPS) is 13.1. The molecule has 22 heavy (non-hydrogen) atoms. The minimum atomic E-state index is 0.689. The van der Waals surface area contributed by atoms with E-state index in [1.807, 2.05) is 54.7 Å². The second-order valence-corrected chi connectivity index (χ2v) is 6.11. The summed E-state index contributed by atoms with van der Waals surface area (Å²) in [6.45, 7) is 0.689. The Bertz CT molecular complexity index is 859. The number of halogens is 2. The summed E-state index contributed by atoms with van der Waals surface area (Å²) in [7, 11) is 0. The molecule has 2 heterocycles. The molecule has 0 aliphatic carbocycles. The molecular weight excluding hydrogens is 315 g/mol. The molecule has 0 bridgehead atoms. The zero-order chi connectivity index (χ0) is 15.1. The van der Waals surface area contributed by atoms with E-state index < -0.39 is 0 Å². The van der Waals surface area contributed by atoms with Gasteiger partial charge in [0.2, 0.25) is 0 Å². The van der Waals surface area contributed by atoms with Gasteiger partial charge in [0, 0.05) is 32.9 Å². The van der Waals surface area contributed by atoms with Crippen molar-refractivity contribution in [1.82, 2.24) is 4.98 Å². The summed E-state index contributed by atoms with van der Waals surface area (Å²) in [4.78, 5) is 8.07. The monoisotopic (exact) mass is 326 g/mol. The Hall–Kier alpha value is -2.03. The molecule has 0 unspecified atom stereocenters. The maximum atomic E-state index is 5.96. The van der Waals surface area contributed by atoms with E-state index in [-0.39, 0.29) is 0 Å². The zero-order valence-electron chi connectivity index (χ0n) is 11.6. The van der Waals surface area contributed by atoms with Crippen molar-refractivity contribution in [3.8, 4) is 11.3 Å². The smallest absolute Gasteiger partial charge is 0.0741 e. The first-order chi connectivity index (χ1) is 10.7. The van der Waals surface area contributed by atoms with E-state index in [0.29, 0.717) is 6.54 Å². The summed E-state index contributed by atoms with van der Waals surface area (Å²) < 4.78 is 0. The van der Waals surface area contributed by atoms with E-state index in [1.165, 1.54) is 5.56 Å². The number of aromatic amines is 1. The Morgan fingerprint density at radius 1 is 0.818 bits per heavy atom. The lowest BCUT2D eigenvalue weighted by molar-refractivity contribution is 1.11. The van der Waals surface area contributed by atoms with Gasteiger partial charge in [0.05, 0.1) is 18.0 Å². The number of hydrogen-bond donors (Lipinski definition) is 1. The number of fused-ring (bicyclic) bond motifs is 1. The molecule has 1 aliphatic rings. The van der Waals surface area contributed by atoms with Crippen LogP contribution in [0, 0.1) is 0 Å². The second kappa shape index (κ2) is 5.31. The van der Waals surface area contributed by atoms with Crippen LogP contribution in [0.4, 0.5) is 0 Å². The van der Waals surface area contributed by atoms with Gasteiger partial charge in [-0.2, -0.15) is 0 Å². The number of nitrogens with zero attached hydrogens (tertiary/aromatic N) is 1. The molecule has 0 saturated carbocycles. The van der Waals surface area contributed by atoms with Crippen LogP contribution in [0.25, 0.3) is 11.3 Å². The predicted octanol–water partition coefficient (Wildman–Crippen LogP) is 5.34. The minimum Gasteiger partial charge on any atom is -0.360 e.